The summed E-state index contributed by atoms with van der Waals surface area (Å²) >= 11 is 0. The lowest BCUT2D eigenvalue weighted by Crippen LogP contribution is -2.28. The lowest BCUT2D eigenvalue weighted by molar-refractivity contribution is -0.142. The molecule has 1 heterocycles. The van der Waals surface area contributed by atoms with Gasteiger partial charge in [-0.05, 0) is 19.1 Å². The van der Waals surface area contributed by atoms with Gasteiger partial charge >= 0.3 is 12.1 Å². The molecule has 18 heavy (non-hydrogen) atoms. The number of hydrogen-bond donors (Lipinski definition) is 0. The van der Waals surface area contributed by atoms with Gasteiger partial charge in [0.2, 0.25) is 0 Å². The maximum atomic E-state index is 12.2. The van der Waals surface area contributed by atoms with E-state index in [1.54, 1.807) is 6.92 Å². The Morgan fingerprint density at radius 1 is 1.39 bits per heavy atom. The summed E-state index contributed by atoms with van der Waals surface area (Å²) in [6, 6.07) is 1.96. The third-order valence-electron chi connectivity index (χ3n) is 2.00. The van der Waals surface area contributed by atoms with Gasteiger partial charge in [0.15, 0.2) is 11.5 Å². The van der Waals surface area contributed by atoms with Gasteiger partial charge in [0.25, 0.3) is 0 Å². The van der Waals surface area contributed by atoms with Gasteiger partial charge < -0.3 is 9.64 Å². The van der Waals surface area contributed by atoms with Crippen molar-refractivity contribution >= 4 is 11.8 Å². The maximum Gasteiger partial charge on any atom is 0.435 e. The van der Waals surface area contributed by atoms with Crippen LogP contribution < -0.4 is 4.90 Å². The van der Waals surface area contributed by atoms with Gasteiger partial charge in [-0.3, -0.25) is 4.79 Å². The van der Waals surface area contributed by atoms with Crippen LogP contribution in [0.1, 0.15) is 12.6 Å². The fraction of sp³-hybridized carbons (Fsp3) is 0.500. The number of hydrogen-bond acceptors (Lipinski definition) is 5. The van der Waals surface area contributed by atoms with Gasteiger partial charge in [-0.15, -0.1) is 10.2 Å². The Hall–Kier alpha value is -1.86. The predicted molar refractivity (Wildman–Crippen MR) is 56.9 cm³/mol. The standard InChI is InChI=1S/C10H12F3N3O2/c1-3-18-9(17)6-16(2)8-5-4-7(14-15-8)10(11,12)13/h4-5H,3,6H2,1-2H3. The third kappa shape index (κ3) is 3.86. The van der Waals surface area contributed by atoms with E-state index in [0.717, 1.165) is 12.1 Å². The average Bonchev–Trinajstić information content (AvgIpc) is 2.28. The highest BCUT2D eigenvalue weighted by Crippen LogP contribution is 2.27. The summed E-state index contributed by atoms with van der Waals surface area (Å²) in [5.74, 6) is -0.322. The van der Waals surface area contributed by atoms with E-state index in [4.69, 9.17) is 4.74 Å². The second-order valence-electron chi connectivity index (χ2n) is 3.44. The second-order valence-corrected chi connectivity index (χ2v) is 3.44. The summed E-state index contributed by atoms with van der Waals surface area (Å²) in [5.41, 5.74) is -1.07. The van der Waals surface area contributed by atoms with Crippen molar-refractivity contribution in [1.29, 1.82) is 0 Å². The Bertz CT molecular complexity index is 406. The Balaban J connectivity index is 2.70. The van der Waals surface area contributed by atoms with Crippen LogP contribution in [0.15, 0.2) is 12.1 Å². The van der Waals surface area contributed by atoms with Crippen molar-refractivity contribution in [3.05, 3.63) is 17.8 Å². The number of halogens is 3. The minimum absolute atomic E-state index is 0.103. The van der Waals surface area contributed by atoms with E-state index in [2.05, 4.69) is 10.2 Å². The Morgan fingerprint density at radius 3 is 2.50 bits per heavy atom. The van der Waals surface area contributed by atoms with Crippen molar-refractivity contribution in [2.24, 2.45) is 0 Å². The van der Waals surface area contributed by atoms with Crippen LogP contribution in [0.3, 0.4) is 0 Å². The number of aromatic nitrogens is 2. The molecule has 5 nitrogen and oxygen atoms in total. The first-order chi connectivity index (χ1) is 8.34. The van der Waals surface area contributed by atoms with Crippen LogP contribution in [0.4, 0.5) is 19.0 Å². The molecule has 0 atom stereocenters. The summed E-state index contributed by atoms with van der Waals surface area (Å²) < 4.78 is 41.4. The molecule has 0 aliphatic rings. The Kier molecular flexibility index (Phi) is 4.46. The Morgan fingerprint density at radius 2 is 2.06 bits per heavy atom. The first-order valence-electron chi connectivity index (χ1n) is 5.12. The summed E-state index contributed by atoms with van der Waals surface area (Å²) in [6.07, 6.45) is -4.52. The molecule has 0 unspecified atom stereocenters. The van der Waals surface area contributed by atoms with Gasteiger partial charge in [0, 0.05) is 7.05 Å². The molecule has 1 aromatic heterocycles. The predicted octanol–water partition coefficient (Wildman–Crippen LogP) is 1.49. The molecule has 1 rings (SSSR count). The van der Waals surface area contributed by atoms with Crippen LogP contribution in [0.2, 0.25) is 0 Å². The average molecular weight is 263 g/mol. The molecule has 100 valence electrons. The second kappa shape index (κ2) is 5.65. The number of likely N-dealkylation sites (N-methyl/N-ethyl adjacent to an activating group) is 1. The van der Waals surface area contributed by atoms with Crippen LogP contribution in [0.5, 0.6) is 0 Å². The summed E-state index contributed by atoms with van der Waals surface area (Å²) in [7, 11) is 1.51. The number of anilines is 1. The van der Waals surface area contributed by atoms with Gasteiger partial charge in [0.1, 0.15) is 6.54 Å². The van der Waals surface area contributed by atoms with Crippen LogP contribution in [-0.2, 0) is 15.7 Å². The first kappa shape index (κ1) is 14.2. The van der Waals surface area contributed by atoms with Gasteiger partial charge in [-0.25, -0.2) is 0 Å². The molecule has 0 radical (unpaired) electrons. The highest BCUT2D eigenvalue weighted by atomic mass is 19.4. The molecule has 0 aliphatic heterocycles. The lowest BCUT2D eigenvalue weighted by atomic mass is 10.3. The zero-order chi connectivity index (χ0) is 13.8. The molecule has 0 fully saturated rings. The minimum Gasteiger partial charge on any atom is -0.465 e. The number of alkyl halides is 3. The molecule has 0 amide bonds. The molecular formula is C10H12F3N3O2. The molecule has 1 aromatic rings. The molecule has 8 heteroatoms. The summed E-state index contributed by atoms with van der Waals surface area (Å²) in [5, 5.41) is 6.46. The van der Waals surface area contributed by atoms with E-state index in [9.17, 15) is 18.0 Å². The molecular weight excluding hydrogens is 251 g/mol. The molecule has 0 aliphatic carbocycles. The normalized spacial score (nSPS) is 11.2. The van der Waals surface area contributed by atoms with E-state index in [1.807, 2.05) is 0 Å². The van der Waals surface area contributed by atoms with E-state index in [0.29, 0.717) is 0 Å². The van der Waals surface area contributed by atoms with E-state index in [-0.39, 0.29) is 19.0 Å². The van der Waals surface area contributed by atoms with Gasteiger partial charge in [-0.1, -0.05) is 0 Å². The number of carbonyl (C=O) groups is 1. The van der Waals surface area contributed by atoms with Gasteiger partial charge in [0.05, 0.1) is 6.61 Å². The maximum absolute atomic E-state index is 12.2. The van der Waals surface area contributed by atoms with E-state index in [1.165, 1.54) is 11.9 Å². The number of esters is 1. The third-order valence-corrected chi connectivity index (χ3v) is 2.00. The van der Waals surface area contributed by atoms with Crippen molar-refractivity contribution in [3.63, 3.8) is 0 Å². The Labute approximate surface area is 102 Å². The quantitative estimate of drug-likeness (QED) is 0.770. The summed E-state index contributed by atoms with van der Waals surface area (Å²) in [6.45, 7) is 1.80. The zero-order valence-corrected chi connectivity index (χ0v) is 9.86. The van der Waals surface area contributed by atoms with Crippen LogP contribution in [0, 0.1) is 0 Å². The van der Waals surface area contributed by atoms with Gasteiger partial charge in [-0.2, -0.15) is 13.2 Å². The van der Waals surface area contributed by atoms with Crippen LogP contribution >= 0.6 is 0 Å². The molecule has 0 spiro atoms. The fourth-order valence-corrected chi connectivity index (χ4v) is 1.16. The number of carbonyl (C=O) groups excluding carboxylic acids is 1. The van der Waals surface area contributed by atoms with Crippen molar-refractivity contribution in [1.82, 2.24) is 10.2 Å². The molecule has 0 saturated carbocycles. The highest BCUT2D eigenvalue weighted by molar-refractivity contribution is 5.75. The largest absolute Gasteiger partial charge is 0.465 e. The topological polar surface area (TPSA) is 55.3 Å². The highest BCUT2D eigenvalue weighted by Gasteiger charge is 2.33. The molecule has 0 N–H and O–H groups in total. The number of nitrogens with zero attached hydrogens (tertiary/aromatic N) is 3. The van der Waals surface area contributed by atoms with Crippen LogP contribution in [-0.4, -0.2) is 36.4 Å². The smallest absolute Gasteiger partial charge is 0.435 e. The van der Waals surface area contributed by atoms with Crippen molar-refractivity contribution in [2.75, 3.05) is 25.1 Å². The van der Waals surface area contributed by atoms with E-state index < -0.39 is 17.8 Å². The monoisotopic (exact) mass is 263 g/mol. The zero-order valence-electron chi connectivity index (χ0n) is 9.86. The van der Waals surface area contributed by atoms with Crippen molar-refractivity contribution in [2.45, 2.75) is 13.1 Å². The van der Waals surface area contributed by atoms with Crippen molar-refractivity contribution in [3.8, 4) is 0 Å². The molecule has 0 saturated heterocycles. The van der Waals surface area contributed by atoms with Crippen molar-refractivity contribution < 1.29 is 22.7 Å². The molecule has 0 aromatic carbocycles. The minimum atomic E-state index is -4.52. The van der Waals surface area contributed by atoms with E-state index >= 15 is 0 Å². The lowest BCUT2D eigenvalue weighted by Gasteiger charge is -2.16. The SMILES string of the molecule is CCOC(=O)CN(C)c1ccc(C(F)(F)F)nn1. The van der Waals surface area contributed by atoms with Crippen LogP contribution in [0.25, 0.3) is 0 Å². The molecule has 0 bridgehead atoms. The number of ether oxygens (including phenoxy) is 1. The summed E-state index contributed by atoms with van der Waals surface area (Å²) in [4.78, 5) is 12.5. The first-order valence-corrected chi connectivity index (χ1v) is 5.12. The fourth-order valence-electron chi connectivity index (χ4n) is 1.16. The number of rotatable bonds is 4.